The number of hydrogen-bond acceptors (Lipinski definition) is 4. The SMILES string of the molecule is CCNCCCNc1ccc(C(N)=O)cn1. The standard InChI is InChI=1S/C11H18N4O/c1-2-13-6-3-7-14-10-5-4-9(8-15-10)11(12)16/h4-5,8,13H,2-3,6-7H2,1H3,(H2,12,16)(H,14,15). The number of carbonyl (C=O) groups excluding carboxylic acids is 1. The molecule has 1 heterocycles. The van der Waals surface area contributed by atoms with E-state index in [2.05, 4.69) is 22.5 Å². The zero-order valence-electron chi connectivity index (χ0n) is 9.49. The molecule has 0 radical (unpaired) electrons. The Morgan fingerprint density at radius 2 is 2.25 bits per heavy atom. The predicted octanol–water partition coefficient (Wildman–Crippen LogP) is 0.592. The molecule has 0 aliphatic carbocycles. The number of rotatable bonds is 7. The fourth-order valence-corrected chi connectivity index (χ4v) is 1.25. The molecule has 0 aromatic carbocycles. The van der Waals surface area contributed by atoms with Crippen LogP contribution in [0.3, 0.4) is 0 Å². The Balaban J connectivity index is 2.29. The zero-order chi connectivity index (χ0) is 11.8. The topological polar surface area (TPSA) is 80.0 Å². The summed E-state index contributed by atoms with van der Waals surface area (Å²) in [5.74, 6) is 0.313. The van der Waals surface area contributed by atoms with E-state index < -0.39 is 5.91 Å². The van der Waals surface area contributed by atoms with Gasteiger partial charge in [0, 0.05) is 12.7 Å². The van der Waals surface area contributed by atoms with Gasteiger partial charge in [0.1, 0.15) is 5.82 Å². The first-order chi connectivity index (χ1) is 7.74. The van der Waals surface area contributed by atoms with Gasteiger partial charge in [-0.15, -0.1) is 0 Å². The highest BCUT2D eigenvalue weighted by atomic mass is 16.1. The lowest BCUT2D eigenvalue weighted by atomic mass is 10.3. The second-order valence-electron chi connectivity index (χ2n) is 3.43. The number of amides is 1. The van der Waals surface area contributed by atoms with E-state index in [0.717, 1.165) is 31.9 Å². The van der Waals surface area contributed by atoms with Crippen LogP contribution in [0.4, 0.5) is 5.82 Å². The van der Waals surface area contributed by atoms with Crippen molar-refractivity contribution in [1.82, 2.24) is 10.3 Å². The van der Waals surface area contributed by atoms with Gasteiger partial charge in [-0.3, -0.25) is 4.79 Å². The van der Waals surface area contributed by atoms with Crippen LogP contribution in [0.25, 0.3) is 0 Å². The van der Waals surface area contributed by atoms with Gasteiger partial charge in [-0.2, -0.15) is 0 Å². The molecule has 1 rings (SSSR count). The van der Waals surface area contributed by atoms with Crippen molar-refractivity contribution in [1.29, 1.82) is 0 Å². The largest absolute Gasteiger partial charge is 0.370 e. The number of nitrogens with one attached hydrogen (secondary N) is 2. The van der Waals surface area contributed by atoms with Gasteiger partial charge >= 0.3 is 0 Å². The summed E-state index contributed by atoms with van der Waals surface area (Å²) in [4.78, 5) is 14.9. The summed E-state index contributed by atoms with van der Waals surface area (Å²) in [5.41, 5.74) is 5.54. The van der Waals surface area contributed by atoms with E-state index in [-0.39, 0.29) is 0 Å². The van der Waals surface area contributed by atoms with Crippen molar-refractivity contribution >= 4 is 11.7 Å². The first-order valence-electron chi connectivity index (χ1n) is 5.44. The van der Waals surface area contributed by atoms with Gasteiger partial charge in [-0.05, 0) is 31.6 Å². The maximum Gasteiger partial charge on any atom is 0.250 e. The summed E-state index contributed by atoms with van der Waals surface area (Å²) in [6.45, 7) is 4.92. The molecule has 16 heavy (non-hydrogen) atoms. The van der Waals surface area contributed by atoms with E-state index in [4.69, 9.17) is 5.73 Å². The molecular formula is C11H18N4O. The fraction of sp³-hybridized carbons (Fsp3) is 0.455. The van der Waals surface area contributed by atoms with Crippen molar-refractivity contribution in [2.24, 2.45) is 5.73 Å². The fourth-order valence-electron chi connectivity index (χ4n) is 1.25. The van der Waals surface area contributed by atoms with Crippen LogP contribution in [0, 0.1) is 0 Å². The number of nitrogens with zero attached hydrogens (tertiary/aromatic N) is 1. The third-order valence-electron chi connectivity index (χ3n) is 2.13. The quantitative estimate of drug-likeness (QED) is 0.590. The molecule has 5 heteroatoms. The van der Waals surface area contributed by atoms with Gasteiger partial charge in [0.25, 0.3) is 0 Å². The van der Waals surface area contributed by atoms with Crippen LogP contribution in [0.5, 0.6) is 0 Å². The Hall–Kier alpha value is -1.62. The highest BCUT2D eigenvalue weighted by Crippen LogP contribution is 2.04. The molecule has 1 amide bonds. The Labute approximate surface area is 95.4 Å². The molecular weight excluding hydrogens is 204 g/mol. The summed E-state index contributed by atoms with van der Waals surface area (Å²) in [7, 11) is 0. The molecule has 0 unspecified atom stereocenters. The molecule has 0 bridgehead atoms. The molecule has 0 fully saturated rings. The Kier molecular flexibility index (Phi) is 5.28. The number of hydrogen-bond donors (Lipinski definition) is 3. The number of nitrogens with two attached hydrogens (primary N) is 1. The smallest absolute Gasteiger partial charge is 0.250 e. The average molecular weight is 222 g/mol. The molecule has 0 aliphatic rings. The third-order valence-corrected chi connectivity index (χ3v) is 2.13. The molecule has 0 spiro atoms. The van der Waals surface area contributed by atoms with Gasteiger partial charge in [0.2, 0.25) is 5.91 Å². The highest BCUT2D eigenvalue weighted by molar-refractivity contribution is 5.92. The molecule has 1 aromatic rings. The first-order valence-corrected chi connectivity index (χ1v) is 5.44. The van der Waals surface area contributed by atoms with E-state index >= 15 is 0 Å². The first kappa shape index (κ1) is 12.4. The van der Waals surface area contributed by atoms with E-state index in [1.807, 2.05) is 0 Å². The molecule has 0 saturated heterocycles. The molecule has 1 aromatic heterocycles. The highest BCUT2D eigenvalue weighted by Gasteiger charge is 1.99. The molecule has 0 atom stereocenters. The van der Waals surface area contributed by atoms with E-state index in [1.54, 1.807) is 12.1 Å². The van der Waals surface area contributed by atoms with Crippen LogP contribution in [-0.4, -0.2) is 30.5 Å². The van der Waals surface area contributed by atoms with Gasteiger partial charge in [-0.1, -0.05) is 6.92 Å². The van der Waals surface area contributed by atoms with Crippen molar-refractivity contribution in [3.63, 3.8) is 0 Å². The Bertz CT molecular complexity index is 323. The number of carbonyl (C=O) groups is 1. The predicted molar refractivity (Wildman–Crippen MR) is 64.4 cm³/mol. The third kappa shape index (κ3) is 4.27. The van der Waals surface area contributed by atoms with E-state index in [1.165, 1.54) is 6.20 Å². The van der Waals surface area contributed by atoms with Gasteiger partial charge in [-0.25, -0.2) is 4.98 Å². The van der Waals surface area contributed by atoms with Crippen LogP contribution < -0.4 is 16.4 Å². The number of primary amides is 1. The lowest BCUT2D eigenvalue weighted by molar-refractivity contribution is 0.1000. The van der Waals surface area contributed by atoms with Gasteiger partial charge < -0.3 is 16.4 Å². The Morgan fingerprint density at radius 1 is 1.44 bits per heavy atom. The number of pyridine rings is 1. The summed E-state index contributed by atoms with van der Waals surface area (Å²) < 4.78 is 0. The van der Waals surface area contributed by atoms with E-state index in [0.29, 0.717) is 5.56 Å². The van der Waals surface area contributed by atoms with Gasteiger partial charge in [0.05, 0.1) is 5.56 Å². The van der Waals surface area contributed by atoms with Crippen LogP contribution >= 0.6 is 0 Å². The second-order valence-corrected chi connectivity index (χ2v) is 3.43. The monoisotopic (exact) mass is 222 g/mol. The van der Waals surface area contributed by atoms with Gasteiger partial charge in [0.15, 0.2) is 0 Å². The minimum absolute atomic E-state index is 0.429. The number of anilines is 1. The number of aromatic nitrogens is 1. The van der Waals surface area contributed by atoms with Crippen LogP contribution in [0.1, 0.15) is 23.7 Å². The van der Waals surface area contributed by atoms with Crippen molar-refractivity contribution in [3.05, 3.63) is 23.9 Å². The van der Waals surface area contributed by atoms with Crippen LogP contribution in [-0.2, 0) is 0 Å². The average Bonchev–Trinajstić information content (AvgIpc) is 2.29. The molecule has 0 aliphatic heterocycles. The molecule has 0 saturated carbocycles. The summed E-state index contributed by atoms with van der Waals surface area (Å²) in [5, 5.41) is 6.40. The molecule has 5 nitrogen and oxygen atoms in total. The van der Waals surface area contributed by atoms with E-state index in [9.17, 15) is 4.79 Å². The molecule has 88 valence electrons. The summed E-state index contributed by atoms with van der Waals surface area (Å²) in [6, 6.07) is 3.43. The van der Waals surface area contributed by atoms with Crippen LogP contribution in [0.15, 0.2) is 18.3 Å². The maximum atomic E-state index is 10.8. The second kappa shape index (κ2) is 6.79. The normalized spacial score (nSPS) is 10.1. The lowest BCUT2D eigenvalue weighted by Crippen LogP contribution is -2.17. The minimum atomic E-state index is -0.453. The Morgan fingerprint density at radius 3 is 2.81 bits per heavy atom. The summed E-state index contributed by atoms with van der Waals surface area (Å²) >= 11 is 0. The van der Waals surface area contributed by atoms with Crippen molar-refractivity contribution in [2.45, 2.75) is 13.3 Å². The van der Waals surface area contributed by atoms with Crippen molar-refractivity contribution in [2.75, 3.05) is 25.0 Å². The van der Waals surface area contributed by atoms with Crippen LogP contribution in [0.2, 0.25) is 0 Å². The molecule has 4 N–H and O–H groups in total. The minimum Gasteiger partial charge on any atom is -0.370 e. The van der Waals surface area contributed by atoms with Crippen molar-refractivity contribution in [3.8, 4) is 0 Å². The maximum absolute atomic E-state index is 10.8. The van der Waals surface area contributed by atoms with Crippen molar-refractivity contribution < 1.29 is 4.79 Å². The lowest BCUT2D eigenvalue weighted by Gasteiger charge is -2.05. The summed E-state index contributed by atoms with van der Waals surface area (Å²) in [6.07, 6.45) is 2.52. The zero-order valence-corrected chi connectivity index (χ0v) is 9.49.